The van der Waals surface area contributed by atoms with Crippen molar-refractivity contribution in [3.63, 3.8) is 0 Å². The molecule has 0 saturated heterocycles. The molecule has 1 atom stereocenters. The minimum atomic E-state index is 0.627. The van der Waals surface area contributed by atoms with E-state index < -0.39 is 0 Å². The Morgan fingerprint density at radius 2 is 1.85 bits per heavy atom. The number of hydrogen-bond donors (Lipinski definition) is 0. The van der Waals surface area contributed by atoms with Crippen LogP contribution in [0.2, 0.25) is 0 Å². The third-order valence-corrected chi connectivity index (χ3v) is 4.93. The molecule has 1 rings (SSSR count). The van der Waals surface area contributed by atoms with E-state index in [1.165, 1.54) is 49.7 Å². The molecule has 1 unspecified atom stereocenters. The molecule has 0 fully saturated rings. The Morgan fingerprint density at radius 1 is 1.05 bits per heavy atom. The summed E-state index contributed by atoms with van der Waals surface area (Å²) in [6.45, 7) is 7.33. The first-order chi connectivity index (χ1) is 9.72. The highest BCUT2D eigenvalue weighted by molar-refractivity contribution is 14.1. The fourth-order valence-electron chi connectivity index (χ4n) is 2.45. The lowest BCUT2D eigenvalue weighted by molar-refractivity contribution is 0.336. The molecule has 1 aromatic rings. The van der Waals surface area contributed by atoms with Crippen LogP contribution in [0.25, 0.3) is 0 Å². The molecule has 1 aromatic carbocycles. The van der Waals surface area contributed by atoms with Gasteiger partial charge in [0.1, 0.15) is 5.75 Å². The molecule has 1 nitrogen and oxygen atoms in total. The molecule has 0 aromatic heterocycles. The minimum absolute atomic E-state index is 0.627. The molecule has 0 amide bonds. The maximum atomic E-state index is 5.79. The first-order valence-electron chi connectivity index (χ1n) is 8.12. The van der Waals surface area contributed by atoms with Crippen LogP contribution in [-0.2, 0) is 6.42 Å². The van der Waals surface area contributed by atoms with Crippen LogP contribution in [0, 0.1) is 0 Å². The number of rotatable bonds is 10. The average molecular weight is 388 g/mol. The van der Waals surface area contributed by atoms with Gasteiger partial charge in [-0.05, 0) is 43.4 Å². The molecule has 0 radical (unpaired) electrons. The number of aryl methyl sites for hydroxylation is 1. The van der Waals surface area contributed by atoms with Crippen molar-refractivity contribution in [2.45, 2.75) is 69.6 Å². The van der Waals surface area contributed by atoms with Gasteiger partial charge >= 0.3 is 0 Å². The summed E-state index contributed by atoms with van der Waals surface area (Å²) in [4.78, 5) is 0. The zero-order chi connectivity index (χ0) is 14.8. The summed E-state index contributed by atoms with van der Waals surface area (Å²) < 4.78 is 6.41. The number of halogens is 1. The van der Waals surface area contributed by atoms with Crippen LogP contribution in [0.3, 0.4) is 0 Å². The first kappa shape index (κ1) is 17.8. The van der Waals surface area contributed by atoms with Crippen LogP contribution in [0.4, 0.5) is 0 Å². The molecule has 2 heteroatoms. The van der Waals surface area contributed by atoms with E-state index in [1.54, 1.807) is 0 Å². The third-order valence-electron chi connectivity index (χ3n) is 3.59. The second-order valence-electron chi connectivity index (χ2n) is 5.37. The summed E-state index contributed by atoms with van der Waals surface area (Å²) in [7, 11) is 0. The highest BCUT2D eigenvalue weighted by Crippen LogP contribution is 2.32. The van der Waals surface area contributed by atoms with Crippen LogP contribution in [0.5, 0.6) is 5.75 Å². The van der Waals surface area contributed by atoms with Gasteiger partial charge in [0.05, 0.1) is 6.61 Å². The van der Waals surface area contributed by atoms with Gasteiger partial charge in [-0.2, -0.15) is 0 Å². The molecule has 0 N–H and O–H groups in total. The van der Waals surface area contributed by atoms with Gasteiger partial charge in [0.15, 0.2) is 0 Å². The number of alkyl halides is 1. The fourth-order valence-corrected chi connectivity index (χ4v) is 3.46. The SMILES string of the molecule is CCCCCCc1cc(C(I)CCC)ccc1OCC. The largest absolute Gasteiger partial charge is 0.494 e. The third kappa shape index (κ3) is 6.02. The predicted octanol–water partition coefficient (Wildman–Crippen LogP) is 6.48. The van der Waals surface area contributed by atoms with Crippen LogP contribution >= 0.6 is 22.6 Å². The second kappa shape index (κ2) is 10.5. The number of unbranched alkanes of at least 4 members (excludes halogenated alkanes) is 3. The van der Waals surface area contributed by atoms with Crippen LogP contribution in [0.15, 0.2) is 18.2 Å². The summed E-state index contributed by atoms with van der Waals surface area (Å²) in [5.41, 5.74) is 2.86. The van der Waals surface area contributed by atoms with Gasteiger partial charge in [-0.3, -0.25) is 0 Å². The Hall–Kier alpha value is -0.250. The summed E-state index contributed by atoms with van der Waals surface area (Å²) >= 11 is 2.57. The highest BCUT2D eigenvalue weighted by atomic mass is 127. The van der Waals surface area contributed by atoms with Crippen molar-refractivity contribution in [3.05, 3.63) is 29.3 Å². The van der Waals surface area contributed by atoms with Gasteiger partial charge in [0.25, 0.3) is 0 Å². The predicted molar refractivity (Wildman–Crippen MR) is 97.1 cm³/mol. The van der Waals surface area contributed by atoms with Crippen LogP contribution in [-0.4, -0.2) is 6.61 Å². The molecule has 0 heterocycles. The smallest absolute Gasteiger partial charge is 0.122 e. The lowest BCUT2D eigenvalue weighted by atomic mass is 10.0. The molecule has 0 saturated carbocycles. The zero-order valence-electron chi connectivity index (χ0n) is 13.3. The van der Waals surface area contributed by atoms with E-state index in [0.717, 1.165) is 18.8 Å². The van der Waals surface area contributed by atoms with E-state index in [1.807, 2.05) is 0 Å². The maximum Gasteiger partial charge on any atom is 0.122 e. The monoisotopic (exact) mass is 388 g/mol. The summed E-state index contributed by atoms with van der Waals surface area (Å²) in [5.74, 6) is 1.09. The molecule has 0 spiro atoms. The van der Waals surface area contributed by atoms with Gasteiger partial charge in [0.2, 0.25) is 0 Å². The van der Waals surface area contributed by atoms with Gasteiger partial charge in [0, 0.05) is 3.92 Å². The van der Waals surface area contributed by atoms with Gasteiger partial charge in [-0.15, -0.1) is 0 Å². The summed E-state index contributed by atoms with van der Waals surface area (Å²) in [5, 5.41) is 0. The van der Waals surface area contributed by atoms with Crippen molar-refractivity contribution in [1.82, 2.24) is 0 Å². The Morgan fingerprint density at radius 3 is 2.50 bits per heavy atom. The van der Waals surface area contributed by atoms with Crippen LogP contribution in [0.1, 0.15) is 74.3 Å². The number of hydrogen-bond acceptors (Lipinski definition) is 1. The Labute approximate surface area is 138 Å². The lowest BCUT2D eigenvalue weighted by Gasteiger charge is -2.15. The first-order valence-corrected chi connectivity index (χ1v) is 9.37. The highest BCUT2D eigenvalue weighted by Gasteiger charge is 2.10. The van der Waals surface area contributed by atoms with E-state index in [4.69, 9.17) is 4.74 Å². The number of ether oxygens (including phenoxy) is 1. The Kier molecular flexibility index (Phi) is 9.32. The van der Waals surface area contributed by atoms with Crippen molar-refractivity contribution in [3.8, 4) is 5.75 Å². The van der Waals surface area contributed by atoms with Crippen molar-refractivity contribution >= 4 is 22.6 Å². The molecule has 0 aliphatic heterocycles. The minimum Gasteiger partial charge on any atom is -0.494 e. The van der Waals surface area contributed by atoms with Crippen molar-refractivity contribution in [2.75, 3.05) is 6.61 Å². The molecule has 20 heavy (non-hydrogen) atoms. The quantitative estimate of drug-likeness (QED) is 0.253. The Bertz CT molecular complexity index is 376. The van der Waals surface area contributed by atoms with E-state index >= 15 is 0 Å². The summed E-state index contributed by atoms with van der Waals surface area (Å²) in [6, 6.07) is 6.80. The zero-order valence-corrected chi connectivity index (χ0v) is 15.4. The van der Waals surface area contributed by atoms with E-state index in [-0.39, 0.29) is 0 Å². The molecular formula is C18H29IO. The molecule has 0 bridgehead atoms. The van der Waals surface area contributed by atoms with E-state index in [0.29, 0.717) is 3.92 Å². The molecule has 114 valence electrons. The Balaban J connectivity index is 2.76. The van der Waals surface area contributed by atoms with Gasteiger partial charge < -0.3 is 4.74 Å². The molecular weight excluding hydrogens is 359 g/mol. The van der Waals surface area contributed by atoms with Gasteiger partial charge in [-0.1, -0.05) is 74.3 Å². The standard InChI is InChI=1S/C18H29IO/c1-4-7-8-9-11-16-14-15(17(19)10-5-2)12-13-18(16)20-6-3/h12-14,17H,4-11H2,1-3H3. The van der Waals surface area contributed by atoms with Crippen molar-refractivity contribution in [1.29, 1.82) is 0 Å². The van der Waals surface area contributed by atoms with Gasteiger partial charge in [-0.25, -0.2) is 0 Å². The molecule has 0 aliphatic rings. The fraction of sp³-hybridized carbons (Fsp3) is 0.667. The molecule has 0 aliphatic carbocycles. The van der Waals surface area contributed by atoms with Crippen LogP contribution < -0.4 is 4.74 Å². The van der Waals surface area contributed by atoms with E-state index in [9.17, 15) is 0 Å². The van der Waals surface area contributed by atoms with Crippen molar-refractivity contribution < 1.29 is 4.74 Å². The number of benzene rings is 1. The van der Waals surface area contributed by atoms with E-state index in [2.05, 4.69) is 61.6 Å². The topological polar surface area (TPSA) is 9.23 Å². The average Bonchev–Trinajstić information content (AvgIpc) is 2.45. The van der Waals surface area contributed by atoms with Crippen molar-refractivity contribution in [2.24, 2.45) is 0 Å². The second-order valence-corrected chi connectivity index (χ2v) is 6.87. The normalized spacial score (nSPS) is 12.4. The maximum absolute atomic E-state index is 5.79. The summed E-state index contributed by atoms with van der Waals surface area (Å²) in [6.07, 6.45) is 8.89. The lowest BCUT2D eigenvalue weighted by Crippen LogP contribution is -1.99.